The van der Waals surface area contributed by atoms with Gasteiger partial charge in [-0.15, -0.1) is 0 Å². The van der Waals surface area contributed by atoms with E-state index in [1.165, 1.54) is 0 Å². The van der Waals surface area contributed by atoms with E-state index in [2.05, 4.69) is 15.5 Å². The van der Waals surface area contributed by atoms with Crippen molar-refractivity contribution < 1.29 is 4.79 Å². The first-order valence-electron chi connectivity index (χ1n) is 8.52. The van der Waals surface area contributed by atoms with Crippen molar-refractivity contribution in [3.05, 3.63) is 94.2 Å². The van der Waals surface area contributed by atoms with Crippen molar-refractivity contribution in [3.8, 4) is 17.1 Å². The van der Waals surface area contributed by atoms with Crippen LogP contribution in [0.2, 0.25) is 5.02 Å². The number of amides is 1. The summed E-state index contributed by atoms with van der Waals surface area (Å²) >= 11 is 11.4. The van der Waals surface area contributed by atoms with Gasteiger partial charge in [0.15, 0.2) is 10.6 Å². The fourth-order valence-corrected chi connectivity index (χ4v) is 3.18. The largest absolute Gasteiger partial charge is 0.322 e. The first kappa shape index (κ1) is 18.2. The predicted octanol–water partition coefficient (Wildman–Crippen LogP) is 5.50. The first-order valence-corrected chi connectivity index (χ1v) is 9.30. The Hall–Kier alpha value is -3.22. The Bertz CT molecular complexity index is 1170. The van der Waals surface area contributed by atoms with Gasteiger partial charge < -0.3 is 5.32 Å². The molecule has 2 N–H and O–H groups in total. The number of aromatic nitrogens is 3. The summed E-state index contributed by atoms with van der Waals surface area (Å²) in [4.78, 5) is 12.3. The Morgan fingerprint density at radius 1 is 0.964 bits per heavy atom. The van der Waals surface area contributed by atoms with Crippen molar-refractivity contribution in [2.45, 2.75) is 0 Å². The van der Waals surface area contributed by atoms with Crippen LogP contribution in [0.25, 0.3) is 17.1 Å². The van der Waals surface area contributed by atoms with Crippen molar-refractivity contribution in [3.63, 3.8) is 0 Å². The van der Waals surface area contributed by atoms with E-state index in [0.717, 1.165) is 11.3 Å². The minimum Gasteiger partial charge on any atom is -0.322 e. The molecule has 3 aromatic carbocycles. The second kappa shape index (κ2) is 7.80. The Kier molecular flexibility index (Phi) is 5.06. The van der Waals surface area contributed by atoms with E-state index in [4.69, 9.17) is 23.8 Å². The molecule has 0 saturated heterocycles. The lowest BCUT2D eigenvalue weighted by atomic mass is 10.1. The lowest BCUT2D eigenvalue weighted by molar-refractivity contribution is 0.102. The number of halogens is 1. The van der Waals surface area contributed by atoms with Crippen molar-refractivity contribution >= 4 is 35.4 Å². The zero-order valence-electron chi connectivity index (χ0n) is 14.6. The normalized spacial score (nSPS) is 10.6. The molecule has 0 aliphatic heterocycles. The molecule has 0 bridgehead atoms. The molecule has 0 saturated carbocycles. The molecule has 4 aromatic rings. The SMILES string of the molecule is O=C(Nc1ccc(-c2n[nH]c(=S)n2-c2ccc(Cl)cc2)cc1)c1ccccc1. The van der Waals surface area contributed by atoms with Gasteiger partial charge in [0.05, 0.1) is 5.69 Å². The quantitative estimate of drug-likeness (QED) is 0.440. The molecule has 0 radical (unpaired) electrons. The second-order valence-corrected chi connectivity index (χ2v) is 6.88. The standard InChI is InChI=1S/C21H15ClN4OS/c22-16-8-12-18(13-9-16)26-19(24-25-21(26)28)14-6-10-17(11-7-14)23-20(27)15-4-2-1-3-5-15/h1-13H,(H,23,27)(H,25,28). The second-order valence-electron chi connectivity index (χ2n) is 6.06. The average molecular weight is 407 g/mol. The van der Waals surface area contributed by atoms with Gasteiger partial charge in [-0.2, -0.15) is 5.10 Å². The molecular formula is C21H15ClN4OS. The van der Waals surface area contributed by atoms with Crippen LogP contribution in [-0.2, 0) is 0 Å². The summed E-state index contributed by atoms with van der Waals surface area (Å²) in [5.41, 5.74) is 3.03. The highest BCUT2D eigenvalue weighted by Gasteiger charge is 2.11. The number of carbonyl (C=O) groups excluding carboxylic acids is 1. The van der Waals surface area contributed by atoms with Crippen LogP contribution < -0.4 is 5.32 Å². The van der Waals surface area contributed by atoms with Crippen LogP contribution in [0.1, 0.15) is 10.4 Å². The molecule has 0 atom stereocenters. The first-order chi connectivity index (χ1) is 13.6. The smallest absolute Gasteiger partial charge is 0.255 e. The van der Waals surface area contributed by atoms with Crippen molar-refractivity contribution in [1.82, 2.24) is 14.8 Å². The van der Waals surface area contributed by atoms with Crippen LogP contribution in [0.5, 0.6) is 0 Å². The highest BCUT2D eigenvalue weighted by molar-refractivity contribution is 7.71. The van der Waals surface area contributed by atoms with E-state index in [9.17, 15) is 4.79 Å². The molecule has 0 spiro atoms. The maximum Gasteiger partial charge on any atom is 0.255 e. The fourth-order valence-electron chi connectivity index (χ4n) is 2.82. The molecule has 28 heavy (non-hydrogen) atoms. The number of rotatable bonds is 4. The van der Waals surface area contributed by atoms with Crippen LogP contribution in [-0.4, -0.2) is 20.7 Å². The molecule has 0 aliphatic rings. The molecular weight excluding hydrogens is 392 g/mol. The van der Waals surface area contributed by atoms with Gasteiger partial charge in [-0.1, -0.05) is 29.8 Å². The summed E-state index contributed by atoms with van der Waals surface area (Å²) < 4.78 is 2.32. The highest BCUT2D eigenvalue weighted by atomic mass is 35.5. The number of H-pyrrole nitrogens is 1. The molecule has 5 nitrogen and oxygen atoms in total. The third-order valence-corrected chi connectivity index (χ3v) is 4.72. The van der Waals surface area contributed by atoms with Gasteiger partial charge in [-0.3, -0.25) is 14.5 Å². The molecule has 4 rings (SSSR count). The molecule has 138 valence electrons. The number of carbonyl (C=O) groups is 1. The molecule has 1 aromatic heterocycles. The van der Waals surface area contributed by atoms with Crippen LogP contribution in [0.3, 0.4) is 0 Å². The van der Waals surface area contributed by atoms with Gasteiger partial charge in [0.25, 0.3) is 5.91 Å². The summed E-state index contributed by atoms with van der Waals surface area (Å²) in [6.07, 6.45) is 0. The summed E-state index contributed by atoms with van der Waals surface area (Å²) in [6.45, 7) is 0. The molecule has 1 heterocycles. The van der Waals surface area contributed by atoms with Gasteiger partial charge in [-0.05, 0) is 72.9 Å². The summed E-state index contributed by atoms with van der Waals surface area (Å²) in [5, 5.41) is 10.7. The van der Waals surface area contributed by atoms with Crippen LogP contribution in [0, 0.1) is 4.77 Å². The molecule has 0 unspecified atom stereocenters. The number of nitrogens with zero attached hydrogens (tertiary/aromatic N) is 2. The van der Waals surface area contributed by atoms with E-state index in [1.807, 2.05) is 59.2 Å². The topological polar surface area (TPSA) is 62.7 Å². The van der Waals surface area contributed by atoms with Gasteiger partial charge in [0, 0.05) is 21.8 Å². The van der Waals surface area contributed by atoms with Gasteiger partial charge >= 0.3 is 0 Å². The Balaban J connectivity index is 1.61. The van der Waals surface area contributed by atoms with Crippen LogP contribution in [0.15, 0.2) is 78.9 Å². The van der Waals surface area contributed by atoms with E-state index < -0.39 is 0 Å². The van der Waals surface area contributed by atoms with Gasteiger partial charge in [0.2, 0.25) is 0 Å². The maximum atomic E-state index is 12.3. The maximum absolute atomic E-state index is 12.3. The third kappa shape index (κ3) is 3.74. The van der Waals surface area contributed by atoms with Crippen LogP contribution >= 0.6 is 23.8 Å². The number of hydrogen-bond donors (Lipinski definition) is 2. The Labute approximate surface area is 171 Å². The number of anilines is 1. The third-order valence-electron chi connectivity index (χ3n) is 4.19. The van der Waals surface area contributed by atoms with Crippen LogP contribution in [0.4, 0.5) is 5.69 Å². The Morgan fingerprint density at radius 3 is 2.32 bits per heavy atom. The van der Waals surface area contributed by atoms with Crippen molar-refractivity contribution in [1.29, 1.82) is 0 Å². The summed E-state index contributed by atoms with van der Waals surface area (Å²) in [6, 6.07) is 23.9. The van der Waals surface area contributed by atoms with Gasteiger partial charge in [0.1, 0.15) is 0 Å². The van der Waals surface area contributed by atoms with Gasteiger partial charge in [-0.25, -0.2) is 0 Å². The number of benzene rings is 3. The predicted molar refractivity (Wildman–Crippen MR) is 114 cm³/mol. The molecule has 0 aliphatic carbocycles. The molecule has 7 heteroatoms. The molecule has 1 amide bonds. The van der Waals surface area contributed by atoms with E-state index in [0.29, 0.717) is 26.9 Å². The van der Waals surface area contributed by atoms with Crippen molar-refractivity contribution in [2.24, 2.45) is 0 Å². The lowest BCUT2D eigenvalue weighted by Gasteiger charge is -2.09. The minimum absolute atomic E-state index is 0.155. The highest BCUT2D eigenvalue weighted by Crippen LogP contribution is 2.24. The average Bonchev–Trinajstić information content (AvgIpc) is 3.11. The Morgan fingerprint density at radius 2 is 1.64 bits per heavy atom. The van der Waals surface area contributed by atoms with E-state index in [1.54, 1.807) is 24.3 Å². The summed E-state index contributed by atoms with van der Waals surface area (Å²) in [5.74, 6) is 0.519. The van der Waals surface area contributed by atoms with E-state index in [-0.39, 0.29) is 5.91 Å². The summed E-state index contributed by atoms with van der Waals surface area (Å²) in [7, 11) is 0. The lowest BCUT2D eigenvalue weighted by Crippen LogP contribution is -2.11. The van der Waals surface area contributed by atoms with E-state index >= 15 is 0 Å². The fraction of sp³-hybridized carbons (Fsp3) is 0. The zero-order valence-corrected chi connectivity index (χ0v) is 16.2. The monoisotopic (exact) mass is 406 g/mol. The molecule has 0 fully saturated rings. The zero-order chi connectivity index (χ0) is 19.5. The minimum atomic E-state index is -0.155. The number of aromatic amines is 1. The van der Waals surface area contributed by atoms with Crippen molar-refractivity contribution in [2.75, 3.05) is 5.32 Å². The number of hydrogen-bond acceptors (Lipinski definition) is 3. The number of nitrogens with one attached hydrogen (secondary N) is 2.